The van der Waals surface area contributed by atoms with Gasteiger partial charge in [-0.3, -0.25) is 9.36 Å². The van der Waals surface area contributed by atoms with Gasteiger partial charge in [-0.2, -0.15) is 0 Å². The first kappa shape index (κ1) is 60.2. The summed E-state index contributed by atoms with van der Waals surface area (Å²) in [6.07, 6.45) is 52.7. The highest BCUT2D eigenvalue weighted by atomic mass is 31.2. The lowest BCUT2D eigenvalue weighted by molar-refractivity contribution is -0.870. The number of carbonyl (C=O) groups excluding carboxylic acids is 1. The van der Waals surface area contributed by atoms with Crippen molar-refractivity contribution in [3.05, 3.63) is 12.2 Å². The van der Waals surface area contributed by atoms with E-state index in [9.17, 15) is 19.4 Å². The van der Waals surface area contributed by atoms with Gasteiger partial charge in [0.2, 0.25) is 5.91 Å². The van der Waals surface area contributed by atoms with Crippen LogP contribution in [0.5, 0.6) is 0 Å². The van der Waals surface area contributed by atoms with Crippen LogP contribution < -0.4 is 10.2 Å². The molecule has 0 saturated heterocycles. The molecule has 0 aliphatic carbocycles. The van der Waals surface area contributed by atoms with Crippen molar-refractivity contribution >= 4 is 13.7 Å². The zero-order valence-corrected chi connectivity index (χ0v) is 42.3. The maximum absolute atomic E-state index is 12.9. The average molecular weight is 885 g/mol. The number of allylic oxidation sites excluding steroid dienone is 1. The van der Waals surface area contributed by atoms with E-state index >= 15 is 0 Å². The van der Waals surface area contributed by atoms with E-state index in [0.717, 1.165) is 38.5 Å². The molecule has 0 fully saturated rings. The van der Waals surface area contributed by atoms with Crippen LogP contribution in [0.15, 0.2) is 12.2 Å². The first-order valence-electron chi connectivity index (χ1n) is 26.6. The SMILES string of the molecule is CCCCCCCCCCCCCCCCC/C=C/[C@@H](O)[C@H](COP(=O)([O-])OCC[N+](C)(C)C)NC(=O)CCCCCCCCCCCCCCCCCCCCCCCC. The molecule has 61 heavy (non-hydrogen) atoms. The van der Waals surface area contributed by atoms with Gasteiger partial charge in [-0.1, -0.05) is 251 Å². The topological polar surface area (TPSA) is 108 Å². The monoisotopic (exact) mass is 885 g/mol. The van der Waals surface area contributed by atoms with Gasteiger partial charge < -0.3 is 28.8 Å². The Kier molecular flexibility index (Phi) is 43.9. The molecule has 0 bridgehead atoms. The molecule has 8 nitrogen and oxygen atoms in total. The molecule has 0 spiro atoms. The van der Waals surface area contributed by atoms with Crippen LogP contribution >= 0.6 is 7.82 Å². The van der Waals surface area contributed by atoms with Crippen LogP contribution in [0.4, 0.5) is 0 Å². The number of phosphoric ester groups is 1. The van der Waals surface area contributed by atoms with Crippen molar-refractivity contribution < 1.29 is 32.9 Å². The van der Waals surface area contributed by atoms with Gasteiger partial charge in [0, 0.05) is 6.42 Å². The largest absolute Gasteiger partial charge is 0.756 e. The zero-order valence-electron chi connectivity index (χ0n) is 41.4. The Morgan fingerprint density at radius 2 is 0.885 bits per heavy atom. The summed E-state index contributed by atoms with van der Waals surface area (Å²) in [5.74, 6) is -0.191. The number of quaternary nitrogens is 1. The van der Waals surface area contributed by atoms with E-state index in [4.69, 9.17) is 9.05 Å². The summed E-state index contributed by atoms with van der Waals surface area (Å²) in [6.45, 7) is 4.69. The standard InChI is InChI=1S/C52H105N2O6P/c1-6-8-10-12-14-16-18-20-22-24-25-26-27-28-30-32-34-36-38-40-42-44-46-52(56)53-50(49-60-61(57,58)59-48-47-54(3,4)5)51(55)45-43-41-39-37-35-33-31-29-23-21-19-17-15-13-11-9-7-2/h43,45,50-51,55H,6-42,44,46-49H2,1-5H3,(H-,53,56,57,58)/b45-43+/t50-,51+/m0/s1. The second-order valence-electron chi connectivity index (χ2n) is 19.6. The van der Waals surface area contributed by atoms with E-state index < -0.39 is 20.0 Å². The molecule has 364 valence electrons. The summed E-state index contributed by atoms with van der Waals surface area (Å²) < 4.78 is 23.3. The fourth-order valence-corrected chi connectivity index (χ4v) is 8.76. The Bertz CT molecular complexity index is 1000. The third-order valence-corrected chi connectivity index (χ3v) is 13.2. The minimum absolute atomic E-state index is 0.00250. The predicted molar refractivity (Wildman–Crippen MR) is 261 cm³/mol. The van der Waals surface area contributed by atoms with E-state index in [2.05, 4.69) is 19.2 Å². The Balaban J connectivity index is 4.23. The van der Waals surface area contributed by atoms with Crippen LogP contribution in [0.1, 0.15) is 264 Å². The molecule has 0 aromatic rings. The predicted octanol–water partition coefficient (Wildman–Crippen LogP) is 14.8. The van der Waals surface area contributed by atoms with Crippen molar-refractivity contribution in [2.24, 2.45) is 0 Å². The number of hydrogen-bond acceptors (Lipinski definition) is 6. The third-order valence-electron chi connectivity index (χ3n) is 12.2. The Morgan fingerprint density at radius 3 is 1.23 bits per heavy atom. The smallest absolute Gasteiger partial charge is 0.268 e. The molecule has 2 N–H and O–H groups in total. The van der Waals surface area contributed by atoms with E-state index in [1.807, 2.05) is 27.2 Å². The van der Waals surface area contributed by atoms with Gasteiger partial charge in [0.05, 0.1) is 39.9 Å². The van der Waals surface area contributed by atoms with Gasteiger partial charge >= 0.3 is 0 Å². The summed E-state index contributed by atoms with van der Waals surface area (Å²) in [5, 5.41) is 13.9. The molecule has 0 heterocycles. The lowest BCUT2D eigenvalue weighted by atomic mass is 10.0. The lowest BCUT2D eigenvalue weighted by Gasteiger charge is -2.29. The van der Waals surface area contributed by atoms with Crippen molar-refractivity contribution in [3.63, 3.8) is 0 Å². The molecule has 0 rings (SSSR count). The zero-order chi connectivity index (χ0) is 45.0. The molecule has 1 amide bonds. The molecule has 3 atom stereocenters. The summed E-state index contributed by atoms with van der Waals surface area (Å²) >= 11 is 0. The van der Waals surface area contributed by atoms with Gasteiger partial charge in [0.25, 0.3) is 7.82 Å². The van der Waals surface area contributed by atoms with E-state index in [1.165, 1.54) is 205 Å². The van der Waals surface area contributed by atoms with E-state index in [1.54, 1.807) is 6.08 Å². The van der Waals surface area contributed by atoms with Gasteiger partial charge in [-0.05, 0) is 19.3 Å². The number of likely N-dealkylation sites (N-methyl/N-ethyl adjacent to an activating group) is 1. The number of aliphatic hydroxyl groups is 1. The number of nitrogens with one attached hydrogen (secondary N) is 1. The quantitative estimate of drug-likeness (QED) is 0.0273. The molecule has 0 aliphatic rings. The number of unbranched alkanes of at least 4 members (excludes halogenated alkanes) is 36. The molecule has 9 heteroatoms. The van der Waals surface area contributed by atoms with Crippen LogP contribution in [0, 0.1) is 0 Å². The molecule has 1 unspecified atom stereocenters. The van der Waals surface area contributed by atoms with Crippen LogP contribution in [-0.4, -0.2) is 68.5 Å². The van der Waals surface area contributed by atoms with Crippen molar-refractivity contribution in [3.8, 4) is 0 Å². The number of amides is 1. The second kappa shape index (κ2) is 44.4. The Hall–Kier alpha value is -0.760. The minimum Gasteiger partial charge on any atom is -0.756 e. The first-order valence-corrected chi connectivity index (χ1v) is 28.0. The Morgan fingerprint density at radius 1 is 0.557 bits per heavy atom. The highest BCUT2D eigenvalue weighted by molar-refractivity contribution is 7.45. The fraction of sp³-hybridized carbons (Fsp3) is 0.942. The average Bonchev–Trinajstić information content (AvgIpc) is 3.21. The first-order chi connectivity index (χ1) is 29.5. The van der Waals surface area contributed by atoms with Crippen LogP contribution in [0.3, 0.4) is 0 Å². The molecule has 0 radical (unpaired) electrons. The summed E-state index contributed by atoms with van der Waals surface area (Å²) in [7, 11) is 1.28. The molecule has 0 aliphatic heterocycles. The summed E-state index contributed by atoms with van der Waals surface area (Å²) in [4.78, 5) is 25.4. The normalized spacial score (nSPS) is 14.1. The van der Waals surface area contributed by atoms with Crippen molar-refractivity contribution in [2.75, 3.05) is 40.9 Å². The highest BCUT2D eigenvalue weighted by Crippen LogP contribution is 2.38. The second-order valence-corrected chi connectivity index (χ2v) is 21.0. The maximum atomic E-state index is 12.9. The van der Waals surface area contributed by atoms with Crippen LogP contribution in [0.25, 0.3) is 0 Å². The number of phosphoric acid groups is 1. The van der Waals surface area contributed by atoms with Gasteiger partial charge in [-0.25, -0.2) is 0 Å². The van der Waals surface area contributed by atoms with Crippen molar-refractivity contribution in [1.29, 1.82) is 0 Å². The van der Waals surface area contributed by atoms with Crippen molar-refractivity contribution in [2.45, 2.75) is 276 Å². The summed E-state index contributed by atoms with van der Waals surface area (Å²) in [5.41, 5.74) is 0. The van der Waals surface area contributed by atoms with Gasteiger partial charge in [0.15, 0.2) is 0 Å². The van der Waals surface area contributed by atoms with Gasteiger partial charge in [-0.15, -0.1) is 0 Å². The minimum atomic E-state index is -4.59. The van der Waals surface area contributed by atoms with E-state index in [-0.39, 0.29) is 19.1 Å². The summed E-state index contributed by atoms with van der Waals surface area (Å²) in [6, 6.07) is -0.881. The number of carbonyl (C=O) groups is 1. The van der Waals surface area contributed by atoms with Crippen LogP contribution in [-0.2, 0) is 18.4 Å². The molecule has 0 aromatic heterocycles. The van der Waals surface area contributed by atoms with Crippen LogP contribution in [0.2, 0.25) is 0 Å². The fourth-order valence-electron chi connectivity index (χ4n) is 8.04. The molecular formula is C52H105N2O6P. The third kappa shape index (κ3) is 47.0. The lowest BCUT2D eigenvalue weighted by Crippen LogP contribution is -2.45. The Labute approximate surface area is 380 Å². The van der Waals surface area contributed by atoms with Gasteiger partial charge in [0.1, 0.15) is 13.2 Å². The molecule has 0 aromatic carbocycles. The number of rotatable bonds is 49. The number of hydrogen-bond donors (Lipinski definition) is 2. The van der Waals surface area contributed by atoms with Crippen molar-refractivity contribution in [1.82, 2.24) is 5.32 Å². The highest BCUT2D eigenvalue weighted by Gasteiger charge is 2.23. The number of nitrogens with zero attached hydrogens (tertiary/aromatic N) is 1. The molecule has 0 saturated carbocycles. The maximum Gasteiger partial charge on any atom is 0.268 e. The number of aliphatic hydroxyl groups excluding tert-OH is 1. The van der Waals surface area contributed by atoms with E-state index in [0.29, 0.717) is 17.4 Å². The molecular weight excluding hydrogens is 780 g/mol.